The van der Waals surface area contributed by atoms with Gasteiger partial charge in [0.1, 0.15) is 5.65 Å². The molecule has 194 valence electrons. The Morgan fingerprint density at radius 3 is 2.51 bits per heavy atom. The molecule has 0 aliphatic carbocycles. The van der Waals surface area contributed by atoms with E-state index >= 15 is 0 Å². The number of aromatic nitrogens is 3. The highest BCUT2D eigenvalue weighted by Gasteiger charge is 2.19. The maximum atomic E-state index is 12.1. The Bertz CT molecular complexity index is 1480. The molecule has 1 aliphatic heterocycles. The van der Waals surface area contributed by atoms with Crippen LogP contribution in [0.3, 0.4) is 0 Å². The number of benzene rings is 2. The molecule has 37 heavy (non-hydrogen) atoms. The van der Waals surface area contributed by atoms with Gasteiger partial charge in [-0.2, -0.15) is 4.98 Å². The van der Waals surface area contributed by atoms with Crippen LogP contribution in [0.15, 0.2) is 67.0 Å². The van der Waals surface area contributed by atoms with Crippen LogP contribution in [0.25, 0.3) is 11.0 Å². The maximum absolute atomic E-state index is 12.1. The first-order valence-electron chi connectivity index (χ1n) is 12.4. The second-order valence-corrected chi connectivity index (χ2v) is 11.6. The molecule has 9 nitrogen and oxygen atoms in total. The highest BCUT2D eigenvalue weighted by atomic mass is 32.2. The minimum atomic E-state index is -3.38. The summed E-state index contributed by atoms with van der Waals surface area (Å²) in [6.45, 7) is 2.65. The molecule has 3 heterocycles. The SMILES string of the molecule is CN(c1ccccc1Cn1ccc2cnc(Nc3ccc(N4CCC(CO)CC4)cc3)nc21)S(C)(=O)=O. The van der Waals surface area contributed by atoms with Crippen LogP contribution in [0.2, 0.25) is 0 Å². The molecule has 0 saturated carbocycles. The molecule has 0 amide bonds. The Hall–Kier alpha value is -3.63. The molecule has 2 aromatic heterocycles. The van der Waals surface area contributed by atoms with Crippen LogP contribution in [0, 0.1) is 5.92 Å². The quantitative estimate of drug-likeness (QED) is 0.364. The van der Waals surface area contributed by atoms with Gasteiger partial charge in [-0.25, -0.2) is 13.4 Å². The fourth-order valence-electron chi connectivity index (χ4n) is 4.73. The van der Waals surface area contributed by atoms with Crippen molar-refractivity contribution in [3.8, 4) is 0 Å². The molecule has 1 fully saturated rings. The van der Waals surface area contributed by atoms with Crippen molar-refractivity contribution in [1.29, 1.82) is 0 Å². The molecule has 0 atom stereocenters. The molecule has 2 aromatic carbocycles. The molecule has 0 bridgehead atoms. The maximum Gasteiger partial charge on any atom is 0.232 e. The second-order valence-electron chi connectivity index (χ2n) is 9.56. The van der Waals surface area contributed by atoms with Crippen LogP contribution in [0.4, 0.5) is 23.0 Å². The van der Waals surface area contributed by atoms with Gasteiger partial charge in [0.2, 0.25) is 16.0 Å². The lowest BCUT2D eigenvalue weighted by atomic mass is 9.97. The van der Waals surface area contributed by atoms with Crippen LogP contribution in [-0.2, 0) is 16.6 Å². The summed E-state index contributed by atoms with van der Waals surface area (Å²) in [6, 6.07) is 17.7. The minimum absolute atomic E-state index is 0.272. The predicted molar refractivity (Wildman–Crippen MR) is 148 cm³/mol. The van der Waals surface area contributed by atoms with Gasteiger partial charge in [0.15, 0.2) is 0 Å². The van der Waals surface area contributed by atoms with Gasteiger partial charge in [-0.1, -0.05) is 18.2 Å². The van der Waals surface area contributed by atoms with Gasteiger partial charge in [0, 0.05) is 55.9 Å². The third-order valence-corrected chi connectivity index (χ3v) is 8.22. The number of anilines is 4. The van der Waals surface area contributed by atoms with Gasteiger partial charge in [0.25, 0.3) is 0 Å². The summed E-state index contributed by atoms with van der Waals surface area (Å²) >= 11 is 0. The largest absolute Gasteiger partial charge is 0.396 e. The van der Waals surface area contributed by atoms with Crippen LogP contribution < -0.4 is 14.5 Å². The van der Waals surface area contributed by atoms with Crippen molar-refractivity contribution in [2.75, 3.05) is 47.5 Å². The van der Waals surface area contributed by atoms with Crippen molar-refractivity contribution in [2.45, 2.75) is 19.4 Å². The molecule has 5 rings (SSSR count). The second kappa shape index (κ2) is 10.4. The van der Waals surface area contributed by atoms with Crippen molar-refractivity contribution < 1.29 is 13.5 Å². The van der Waals surface area contributed by atoms with Crippen LogP contribution in [0.5, 0.6) is 0 Å². The first kappa shape index (κ1) is 25.0. The monoisotopic (exact) mass is 520 g/mol. The molecule has 0 unspecified atom stereocenters. The molecule has 1 aliphatic rings. The Balaban J connectivity index is 1.33. The van der Waals surface area contributed by atoms with Gasteiger partial charge in [-0.3, -0.25) is 4.31 Å². The van der Waals surface area contributed by atoms with Crippen LogP contribution in [0.1, 0.15) is 18.4 Å². The van der Waals surface area contributed by atoms with Crippen molar-refractivity contribution in [1.82, 2.24) is 14.5 Å². The number of para-hydroxylation sites is 1. The van der Waals surface area contributed by atoms with E-state index in [9.17, 15) is 13.5 Å². The van der Waals surface area contributed by atoms with Crippen molar-refractivity contribution in [3.63, 3.8) is 0 Å². The number of aliphatic hydroxyl groups is 1. The first-order chi connectivity index (χ1) is 17.8. The summed E-state index contributed by atoms with van der Waals surface area (Å²) in [7, 11) is -1.82. The Labute approximate surface area is 217 Å². The van der Waals surface area contributed by atoms with E-state index in [-0.39, 0.29) is 6.61 Å². The van der Waals surface area contributed by atoms with Crippen molar-refractivity contribution in [2.24, 2.45) is 5.92 Å². The number of rotatable bonds is 8. The standard InChI is InChI=1S/C27H32N6O3S/c1-31(37(2,35)36)25-6-4-3-5-22(25)18-33-16-13-21-17-28-27(30-26(21)33)29-23-7-9-24(10-8-23)32-14-11-20(19-34)12-15-32/h3-10,13,16-17,20,34H,11-12,14-15,18-19H2,1-2H3,(H,28,29,30). The molecule has 1 saturated heterocycles. The summed E-state index contributed by atoms with van der Waals surface area (Å²) in [5, 5.41) is 13.6. The lowest BCUT2D eigenvalue weighted by Gasteiger charge is -2.32. The number of aliphatic hydroxyl groups excluding tert-OH is 1. The number of fused-ring (bicyclic) bond motifs is 1. The van der Waals surface area contributed by atoms with Gasteiger partial charge in [-0.15, -0.1) is 0 Å². The number of nitrogens with zero attached hydrogens (tertiary/aromatic N) is 5. The highest BCUT2D eigenvalue weighted by molar-refractivity contribution is 7.92. The average molecular weight is 521 g/mol. The van der Waals surface area contributed by atoms with E-state index in [0.29, 0.717) is 24.1 Å². The number of piperidine rings is 1. The third-order valence-electron chi connectivity index (χ3n) is 7.03. The fraction of sp³-hybridized carbons (Fsp3) is 0.333. The Morgan fingerprint density at radius 1 is 1.08 bits per heavy atom. The summed E-state index contributed by atoms with van der Waals surface area (Å²) < 4.78 is 27.6. The zero-order valence-electron chi connectivity index (χ0n) is 21.1. The van der Waals surface area contributed by atoms with E-state index in [2.05, 4.69) is 27.3 Å². The number of hydrogen-bond acceptors (Lipinski definition) is 7. The highest BCUT2D eigenvalue weighted by Crippen LogP contribution is 2.27. The van der Waals surface area contributed by atoms with Gasteiger partial charge < -0.3 is 19.9 Å². The normalized spacial score (nSPS) is 14.7. The van der Waals surface area contributed by atoms with Crippen LogP contribution >= 0.6 is 0 Å². The third kappa shape index (κ3) is 5.55. The first-order valence-corrected chi connectivity index (χ1v) is 14.2. The lowest BCUT2D eigenvalue weighted by molar-refractivity contribution is 0.203. The summed E-state index contributed by atoms with van der Waals surface area (Å²) in [6.07, 6.45) is 6.95. The fourth-order valence-corrected chi connectivity index (χ4v) is 5.27. The molecule has 0 spiro atoms. The Morgan fingerprint density at radius 2 is 1.81 bits per heavy atom. The summed E-state index contributed by atoms with van der Waals surface area (Å²) in [5.74, 6) is 0.905. The molecule has 10 heteroatoms. The average Bonchev–Trinajstić information content (AvgIpc) is 3.30. The number of nitrogens with one attached hydrogen (secondary N) is 1. The van der Waals surface area contributed by atoms with Gasteiger partial charge >= 0.3 is 0 Å². The zero-order valence-corrected chi connectivity index (χ0v) is 21.9. The molecular weight excluding hydrogens is 488 g/mol. The molecule has 4 aromatic rings. The van der Waals surface area contributed by atoms with E-state index in [1.807, 2.05) is 53.2 Å². The van der Waals surface area contributed by atoms with E-state index in [4.69, 9.17) is 4.98 Å². The number of hydrogen-bond donors (Lipinski definition) is 2. The van der Waals surface area contributed by atoms with E-state index in [1.54, 1.807) is 13.2 Å². The summed E-state index contributed by atoms with van der Waals surface area (Å²) in [4.78, 5) is 11.6. The van der Waals surface area contributed by atoms with Gasteiger partial charge in [-0.05, 0) is 60.7 Å². The van der Waals surface area contributed by atoms with Crippen molar-refractivity contribution >= 4 is 44.1 Å². The zero-order chi connectivity index (χ0) is 26.0. The van der Waals surface area contributed by atoms with Crippen LogP contribution in [-0.4, -0.2) is 61.1 Å². The summed E-state index contributed by atoms with van der Waals surface area (Å²) in [5.41, 5.74) is 4.34. The minimum Gasteiger partial charge on any atom is -0.396 e. The topological polar surface area (TPSA) is 104 Å². The Kier molecular flexibility index (Phi) is 7.03. The molecule has 2 N–H and O–H groups in total. The lowest BCUT2D eigenvalue weighted by Crippen LogP contribution is -2.34. The number of sulfonamides is 1. The van der Waals surface area contributed by atoms with Gasteiger partial charge in [0.05, 0.1) is 18.5 Å². The van der Waals surface area contributed by atoms with E-state index in [0.717, 1.165) is 48.2 Å². The van der Waals surface area contributed by atoms with E-state index < -0.39 is 10.0 Å². The predicted octanol–water partition coefficient (Wildman–Crippen LogP) is 3.83. The molecule has 0 radical (unpaired) electrons. The smallest absolute Gasteiger partial charge is 0.232 e. The molecular formula is C27H32N6O3S. The van der Waals surface area contributed by atoms with E-state index in [1.165, 1.54) is 16.2 Å². The van der Waals surface area contributed by atoms with Crippen molar-refractivity contribution in [3.05, 3.63) is 72.6 Å².